The van der Waals surface area contributed by atoms with E-state index in [1.165, 1.54) is 51.4 Å². The highest BCUT2D eigenvalue weighted by Gasteiger charge is 2.42. The molecule has 3 fully saturated rings. The van der Waals surface area contributed by atoms with Gasteiger partial charge < -0.3 is 10.0 Å². The third-order valence-electron chi connectivity index (χ3n) is 6.16. The molecular weight excluding hydrogens is 222 g/mol. The summed E-state index contributed by atoms with van der Waals surface area (Å²) in [7, 11) is 2.28. The van der Waals surface area contributed by atoms with Gasteiger partial charge in [0.2, 0.25) is 0 Å². The van der Waals surface area contributed by atoms with Gasteiger partial charge in [0.05, 0.1) is 6.10 Å². The van der Waals surface area contributed by atoms with Gasteiger partial charge in [0.15, 0.2) is 0 Å². The van der Waals surface area contributed by atoms with Gasteiger partial charge in [0.1, 0.15) is 0 Å². The highest BCUT2D eigenvalue weighted by atomic mass is 16.3. The summed E-state index contributed by atoms with van der Waals surface area (Å²) in [6, 6.07) is 1.54. The summed E-state index contributed by atoms with van der Waals surface area (Å²) in [6.45, 7) is 2.36. The highest BCUT2D eigenvalue weighted by Crippen LogP contribution is 2.42. The number of rotatable bonds is 2. The molecule has 2 nitrogen and oxygen atoms in total. The second-order valence-electron chi connectivity index (χ2n) is 7.29. The van der Waals surface area contributed by atoms with E-state index in [0.29, 0.717) is 11.8 Å². The average Bonchev–Trinajstić information content (AvgIpc) is 2.62. The predicted octanol–water partition coefficient (Wildman–Crippen LogP) is 3.05. The number of nitrogens with zero attached hydrogens (tertiary/aromatic N) is 1. The van der Waals surface area contributed by atoms with Crippen molar-refractivity contribution in [2.75, 3.05) is 7.05 Å². The minimum Gasteiger partial charge on any atom is -0.393 e. The molecule has 1 aliphatic carbocycles. The van der Waals surface area contributed by atoms with Crippen molar-refractivity contribution in [2.24, 2.45) is 17.8 Å². The molecule has 104 valence electrons. The largest absolute Gasteiger partial charge is 0.393 e. The fourth-order valence-corrected chi connectivity index (χ4v) is 4.74. The fourth-order valence-electron chi connectivity index (χ4n) is 4.74. The first-order valence-corrected chi connectivity index (χ1v) is 8.05. The van der Waals surface area contributed by atoms with E-state index < -0.39 is 0 Å². The quantitative estimate of drug-likeness (QED) is 0.815. The molecule has 3 atom stereocenters. The smallest absolute Gasteiger partial charge is 0.0597 e. The average molecular weight is 251 g/mol. The van der Waals surface area contributed by atoms with Gasteiger partial charge in [-0.3, -0.25) is 0 Å². The lowest BCUT2D eigenvalue weighted by Gasteiger charge is -2.41. The molecule has 3 rings (SSSR count). The van der Waals surface area contributed by atoms with Crippen LogP contribution < -0.4 is 0 Å². The second-order valence-corrected chi connectivity index (χ2v) is 7.29. The normalized spacial score (nSPS) is 47.2. The Morgan fingerprint density at radius 1 is 0.889 bits per heavy atom. The Labute approximate surface area is 112 Å². The lowest BCUT2D eigenvalue weighted by molar-refractivity contribution is -0.0125. The second kappa shape index (κ2) is 5.13. The summed E-state index contributed by atoms with van der Waals surface area (Å²) >= 11 is 0. The van der Waals surface area contributed by atoms with Crippen LogP contribution in [0.2, 0.25) is 0 Å². The summed E-state index contributed by atoms with van der Waals surface area (Å²) in [5.74, 6) is 2.09. The zero-order chi connectivity index (χ0) is 12.7. The van der Waals surface area contributed by atoms with E-state index in [1.807, 2.05) is 0 Å². The third kappa shape index (κ3) is 2.34. The maximum atomic E-state index is 10.7. The van der Waals surface area contributed by atoms with Gasteiger partial charge >= 0.3 is 0 Å². The standard InChI is InChI=1S/C16H29NO/c1-11-3-5-12(6-4-11)16(18)13-9-14-7-8-15(10-13)17(14)2/h11-16,18H,3-10H2,1-2H3. The summed E-state index contributed by atoms with van der Waals surface area (Å²) in [6.07, 6.45) is 10.4. The number of fused-ring (bicyclic) bond motifs is 2. The fraction of sp³-hybridized carbons (Fsp3) is 1.00. The van der Waals surface area contributed by atoms with Crippen molar-refractivity contribution in [1.82, 2.24) is 4.90 Å². The van der Waals surface area contributed by atoms with Crippen LogP contribution in [-0.2, 0) is 0 Å². The first-order chi connectivity index (χ1) is 8.65. The predicted molar refractivity (Wildman–Crippen MR) is 74.4 cm³/mol. The van der Waals surface area contributed by atoms with Gasteiger partial charge in [-0.2, -0.15) is 0 Å². The van der Waals surface area contributed by atoms with Crippen molar-refractivity contribution < 1.29 is 5.11 Å². The van der Waals surface area contributed by atoms with Crippen LogP contribution in [0.5, 0.6) is 0 Å². The Morgan fingerprint density at radius 2 is 1.44 bits per heavy atom. The molecule has 0 aromatic rings. The van der Waals surface area contributed by atoms with E-state index in [-0.39, 0.29) is 6.10 Å². The molecule has 2 aliphatic heterocycles. The van der Waals surface area contributed by atoms with Crippen LogP contribution in [0.1, 0.15) is 58.3 Å². The Bertz CT molecular complexity index is 271. The summed E-state index contributed by atoms with van der Waals surface area (Å²) in [5.41, 5.74) is 0. The Hall–Kier alpha value is -0.0800. The van der Waals surface area contributed by atoms with Crippen LogP contribution in [-0.4, -0.2) is 35.2 Å². The zero-order valence-electron chi connectivity index (χ0n) is 12.0. The van der Waals surface area contributed by atoms with E-state index in [1.54, 1.807) is 0 Å². The zero-order valence-corrected chi connectivity index (χ0v) is 12.0. The molecule has 0 spiro atoms. The summed E-state index contributed by atoms with van der Waals surface area (Å²) < 4.78 is 0. The lowest BCUT2D eigenvalue weighted by Crippen LogP contribution is -2.45. The van der Waals surface area contributed by atoms with Crippen molar-refractivity contribution in [3.8, 4) is 0 Å². The Kier molecular flexibility index (Phi) is 3.68. The molecular formula is C16H29NO. The monoisotopic (exact) mass is 251 g/mol. The van der Waals surface area contributed by atoms with Crippen molar-refractivity contribution in [1.29, 1.82) is 0 Å². The number of piperidine rings is 1. The molecule has 2 bridgehead atoms. The van der Waals surface area contributed by atoms with E-state index in [0.717, 1.165) is 18.0 Å². The van der Waals surface area contributed by atoms with E-state index in [9.17, 15) is 5.11 Å². The Morgan fingerprint density at radius 3 is 2.00 bits per heavy atom. The van der Waals surface area contributed by atoms with Crippen LogP contribution in [0.3, 0.4) is 0 Å². The molecule has 3 aliphatic rings. The van der Waals surface area contributed by atoms with Gasteiger partial charge in [-0.25, -0.2) is 0 Å². The van der Waals surface area contributed by atoms with Crippen LogP contribution in [0.25, 0.3) is 0 Å². The molecule has 1 saturated carbocycles. The lowest BCUT2D eigenvalue weighted by atomic mass is 9.74. The SMILES string of the molecule is CC1CCC(C(O)C2CC3CCC(C2)N3C)CC1. The van der Waals surface area contributed by atoms with E-state index in [4.69, 9.17) is 0 Å². The molecule has 2 saturated heterocycles. The minimum atomic E-state index is -0.00528. The summed E-state index contributed by atoms with van der Waals surface area (Å²) in [4.78, 5) is 2.58. The van der Waals surface area contributed by atoms with Gasteiger partial charge in [0, 0.05) is 12.1 Å². The van der Waals surface area contributed by atoms with Gasteiger partial charge in [-0.15, -0.1) is 0 Å². The molecule has 18 heavy (non-hydrogen) atoms. The first-order valence-electron chi connectivity index (χ1n) is 8.05. The van der Waals surface area contributed by atoms with Crippen molar-refractivity contribution >= 4 is 0 Å². The molecule has 0 aromatic heterocycles. The molecule has 3 unspecified atom stereocenters. The number of hydrogen-bond donors (Lipinski definition) is 1. The van der Waals surface area contributed by atoms with Crippen molar-refractivity contribution in [3.63, 3.8) is 0 Å². The number of aliphatic hydroxyl groups excluding tert-OH is 1. The van der Waals surface area contributed by atoms with E-state index in [2.05, 4.69) is 18.9 Å². The molecule has 2 heterocycles. The molecule has 2 heteroatoms. The molecule has 0 amide bonds. The van der Waals surface area contributed by atoms with Crippen molar-refractivity contribution in [2.45, 2.75) is 76.5 Å². The minimum absolute atomic E-state index is 0.00528. The van der Waals surface area contributed by atoms with Crippen LogP contribution in [0, 0.1) is 17.8 Å². The van der Waals surface area contributed by atoms with Crippen LogP contribution in [0.15, 0.2) is 0 Å². The van der Waals surface area contributed by atoms with Gasteiger partial charge in [-0.05, 0) is 63.3 Å². The maximum Gasteiger partial charge on any atom is 0.0597 e. The first kappa shape index (κ1) is 12.9. The van der Waals surface area contributed by atoms with Crippen molar-refractivity contribution in [3.05, 3.63) is 0 Å². The van der Waals surface area contributed by atoms with Gasteiger partial charge in [0.25, 0.3) is 0 Å². The number of aliphatic hydroxyl groups is 1. The number of hydrogen-bond acceptors (Lipinski definition) is 2. The Balaban J connectivity index is 1.58. The van der Waals surface area contributed by atoms with Crippen LogP contribution >= 0.6 is 0 Å². The molecule has 0 aromatic carbocycles. The van der Waals surface area contributed by atoms with Gasteiger partial charge in [-0.1, -0.05) is 19.8 Å². The molecule has 1 N–H and O–H groups in total. The summed E-state index contributed by atoms with van der Waals surface area (Å²) in [5, 5.41) is 10.7. The molecule has 0 radical (unpaired) electrons. The maximum absolute atomic E-state index is 10.7. The third-order valence-corrected chi connectivity index (χ3v) is 6.16. The van der Waals surface area contributed by atoms with Crippen LogP contribution in [0.4, 0.5) is 0 Å². The topological polar surface area (TPSA) is 23.5 Å². The van der Waals surface area contributed by atoms with E-state index >= 15 is 0 Å². The highest BCUT2D eigenvalue weighted by molar-refractivity contribution is 4.96.